The van der Waals surface area contributed by atoms with Crippen LogP contribution in [0.3, 0.4) is 0 Å². The lowest BCUT2D eigenvalue weighted by molar-refractivity contribution is 0.284. The van der Waals surface area contributed by atoms with Gasteiger partial charge >= 0.3 is 0 Å². The highest BCUT2D eigenvalue weighted by atomic mass is 32.2. The standard InChI is InChI=1S/C14H19NO4S2/c1-11-12(10-21(17,18)9-4-2-3-7-16)15-14(19-11)13-6-5-8-20-13/h5-6,8,16H,2-4,7,9-10H2,1H3. The van der Waals surface area contributed by atoms with Crippen LogP contribution < -0.4 is 0 Å². The molecule has 7 heteroatoms. The van der Waals surface area contributed by atoms with Crippen LogP contribution in [0.15, 0.2) is 21.9 Å². The zero-order valence-corrected chi connectivity index (χ0v) is 13.5. The molecule has 0 bridgehead atoms. The van der Waals surface area contributed by atoms with Gasteiger partial charge in [-0.2, -0.15) is 0 Å². The normalized spacial score (nSPS) is 11.9. The van der Waals surface area contributed by atoms with Gasteiger partial charge in [-0.25, -0.2) is 13.4 Å². The molecule has 0 aliphatic heterocycles. The molecule has 0 aromatic carbocycles. The number of aliphatic hydroxyl groups excluding tert-OH is 1. The zero-order chi connectivity index (χ0) is 15.3. The predicted octanol–water partition coefficient (Wildman–Crippen LogP) is 2.79. The first-order chi connectivity index (χ1) is 10.0. The quantitative estimate of drug-likeness (QED) is 0.753. The second kappa shape index (κ2) is 7.20. The Bertz CT molecular complexity index is 659. The Labute approximate surface area is 128 Å². The van der Waals surface area contributed by atoms with Gasteiger partial charge in [-0.1, -0.05) is 12.5 Å². The summed E-state index contributed by atoms with van der Waals surface area (Å²) in [7, 11) is -3.19. The van der Waals surface area contributed by atoms with Crippen molar-refractivity contribution in [3.63, 3.8) is 0 Å². The number of hydrogen-bond donors (Lipinski definition) is 1. The van der Waals surface area contributed by atoms with Gasteiger partial charge in [-0.15, -0.1) is 11.3 Å². The Kier molecular flexibility index (Phi) is 5.55. The van der Waals surface area contributed by atoms with Gasteiger partial charge in [0.2, 0.25) is 5.89 Å². The first-order valence-corrected chi connectivity index (χ1v) is 9.53. The van der Waals surface area contributed by atoms with Crippen molar-refractivity contribution in [2.24, 2.45) is 0 Å². The second-order valence-corrected chi connectivity index (χ2v) is 8.01. The lowest BCUT2D eigenvalue weighted by Crippen LogP contribution is -2.10. The highest BCUT2D eigenvalue weighted by Crippen LogP contribution is 2.26. The third-order valence-electron chi connectivity index (χ3n) is 3.09. The van der Waals surface area contributed by atoms with E-state index >= 15 is 0 Å². The number of rotatable bonds is 8. The summed E-state index contributed by atoms with van der Waals surface area (Å²) in [6, 6.07) is 3.79. The highest BCUT2D eigenvalue weighted by Gasteiger charge is 2.19. The van der Waals surface area contributed by atoms with E-state index in [0.717, 1.165) is 4.88 Å². The van der Waals surface area contributed by atoms with Crippen molar-refractivity contribution in [1.82, 2.24) is 4.98 Å². The van der Waals surface area contributed by atoms with Crippen LogP contribution in [-0.2, 0) is 15.6 Å². The molecule has 1 N–H and O–H groups in total. The molecule has 5 nitrogen and oxygen atoms in total. The Morgan fingerprint density at radius 1 is 1.33 bits per heavy atom. The van der Waals surface area contributed by atoms with Crippen LogP contribution in [0.4, 0.5) is 0 Å². The van der Waals surface area contributed by atoms with Crippen LogP contribution in [0.2, 0.25) is 0 Å². The fourth-order valence-corrected chi connectivity index (χ4v) is 4.08. The average molecular weight is 329 g/mol. The van der Waals surface area contributed by atoms with Crippen molar-refractivity contribution < 1.29 is 17.9 Å². The number of aromatic nitrogens is 1. The highest BCUT2D eigenvalue weighted by molar-refractivity contribution is 7.90. The number of unbranched alkanes of at least 4 members (excludes halogenated alkanes) is 2. The maximum atomic E-state index is 12.1. The number of hydrogen-bond acceptors (Lipinski definition) is 6. The molecule has 0 saturated carbocycles. The first kappa shape index (κ1) is 16.2. The maximum Gasteiger partial charge on any atom is 0.236 e. The van der Waals surface area contributed by atoms with Crippen molar-refractivity contribution in [3.8, 4) is 10.8 Å². The van der Waals surface area contributed by atoms with E-state index in [2.05, 4.69) is 4.98 Å². The molecule has 0 radical (unpaired) electrons. The maximum absolute atomic E-state index is 12.1. The summed E-state index contributed by atoms with van der Waals surface area (Å²) in [4.78, 5) is 5.20. The molecule has 2 aromatic rings. The number of aryl methyl sites for hydroxylation is 1. The molecule has 0 atom stereocenters. The molecule has 0 saturated heterocycles. The summed E-state index contributed by atoms with van der Waals surface area (Å²) in [5, 5.41) is 10.6. The van der Waals surface area contributed by atoms with Crippen LogP contribution in [0.5, 0.6) is 0 Å². The minimum Gasteiger partial charge on any atom is -0.440 e. The SMILES string of the molecule is Cc1oc(-c2cccs2)nc1CS(=O)(=O)CCCCCO. The van der Waals surface area contributed by atoms with E-state index in [1.807, 2.05) is 17.5 Å². The lowest BCUT2D eigenvalue weighted by Gasteiger charge is -2.02. The number of nitrogens with zero attached hydrogens (tertiary/aromatic N) is 1. The molecular formula is C14H19NO4S2. The van der Waals surface area contributed by atoms with Gasteiger partial charge in [-0.3, -0.25) is 0 Å². The van der Waals surface area contributed by atoms with E-state index in [9.17, 15) is 8.42 Å². The minimum absolute atomic E-state index is 0.0904. The summed E-state index contributed by atoms with van der Waals surface area (Å²) in [6.45, 7) is 1.84. The number of sulfone groups is 1. The minimum atomic E-state index is -3.19. The van der Waals surface area contributed by atoms with Gasteiger partial charge in [0.1, 0.15) is 5.76 Å². The van der Waals surface area contributed by atoms with Crippen LogP contribution in [0, 0.1) is 6.92 Å². The van der Waals surface area contributed by atoms with E-state index in [0.29, 0.717) is 36.6 Å². The van der Waals surface area contributed by atoms with E-state index in [4.69, 9.17) is 9.52 Å². The molecule has 2 rings (SSSR count). The number of oxazole rings is 1. The Balaban J connectivity index is 2.02. The summed E-state index contributed by atoms with van der Waals surface area (Å²) in [6.07, 6.45) is 1.92. The van der Waals surface area contributed by atoms with Crippen LogP contribution in [0.25, 0.3) is 10.8 Å². The largest absolute Gasteiger partial charge is 0.440 e. The van der Waals surface area contributed by atoms with Crippen molar-refractivity contribution in [3.05, 3.63) is 29.0 Å². The Hall–Kier alpha value is -1.18. The van der Waals surface area contributed by atoms with Crippen molar-refractivity contribution in [2.45, 2.75) is 31.9 Å². The average Bonchev–Trinajstić information content (AvgIpc) is 3.05. The third kappa shape index (κ3) is 4.66. The fourth-order valence-electron chi connectivity index (χ4n) is 1.96. The van der Waals surface area contributed by atoms with Gasteiger partial charge in [0.25, 0.3) is 0 Å². The van der Waals surface area contributed by atoms with E-state index in [-0.39, 0.29) is 18.1 Å². The first-order valence-electron chi connectivity index (χ1n) is 6.83. The van der Waals surface area contributed by atoms with Crippen molar-refractivity contribution >= 4 is 21.2 Å². The van der Waals surface area contributed by atoms with Crippen LogP contribution in [0.1, 0.15) is 30.7 Å². The lowest BCUT2D eigenvalue weighted by atomic mass is 10.3. The van der Waals surface area contributed by atoms with E-state index in [1.54, 1.807) is 6.92 Å². The Morgan fingerprint density at radius 3 is 2.81 bits per heavy atom. The van der Waals surface area contributed by atoms with Gasteiger partial charge < -0.3 is 9.52 Å². The van der Waals surface area contributed by atoms with Crippen LogP contribution in [-0.4, -0.2) is 30.9 Å². The molecule has 0 aliphatic carbocycles. The smallest absolute Gasteiger partial charge is 0.236 e. The monoisotopic (exact) mass is 329 g/mol. The molecule has 21 heavy (non-hydrogen) atoms. The molecule has 0 spiro atoms. The topological polar surface area (TPSA) is 80.4 Å². The summed E-state index contributed by atoms with van der Waals surface area (Å²) in [5.74, 6) is 1.06. The Morgan fingerprint density at radius 2 is 2.14 bits per heavy atom. The van der Waals surface area contributed by atoms with E-state index in [1.165, 1.54) is 11.3 Å². The third-order valence-corrected chi connectivity index (χ3v) is 5.58. The van der Waals surface area contributed by atoms with E-state index < -0.39 is 9.84 Å². The molecule has 116 valence electrons. The molecule has 2 aromatic heterocycles. The molecule has 0 amide bonds. The molecule has 0 fully saturated rings. The number of aliphatic hydroxyl groups is 1. The van der Waals surface area contributed by atoms with Gasteiger partial charge in [0.15, 0.2) is 9.84 Å². The fraction of sp³-hybridized carbons (Fsp3) is 0.500. The summed E-state index contributed by atoms with van der Waals surface area (Å²) < 4.78 is 29.7. The molecule has 0 aliphatic rings. The van der Waals surface area contributed by atoms with Gasteiger partial charge in [-0.05, 0) is 31.2 Å². The van der Waals surface area contributed by atoms with Crippen molar-refractivity contribution in [2.75, 3.05) is 12.4 Å². The predicted molar refractivity (Wildman–Crippen MR) is 83.0 cm³/mol. The van der Waals surface area contributed by atoms with Gasteiger partial charge in [0, 0.05) is 6.61 Å². The summed E-state index contributed by atoms with van der Waals surface area (Å²) >= 11 is 1.51. The molecule has 2 heterocycles. The van der Waals surface area contributed by atoms with Crippen molar-refractivity contribution in [1.29, 1.82) is 0 Å². The number of thiophene rings is 1. The summed E-state index contributed by atoms with van der Waals surface area (Å²) in [5.41, 5.74) is 0.487. The molecule has 0 unspecified atom stereocenters. The zero-order valence-electron chi connectivity index (χ0n) is 11.9. The van der Waals surface area contributed by atoms with Gasteiger partial charge in [0.05, 0.1) is 22.1 Å². The second-order valence-electron chi connectivity index (χ2n) is 4.88. The molecular weight excluding hydrogens is 310 g/mol. The van der Waals surface area contributed by atoms with Crippen LogP contribution >= 0.6 is 11.3 Å².